The highest BCUT2D eigenvalue weighted by Gasteiger charge is 2.09. The van der Waals surface area contributed by atoms with Crippen molar-refractivity contribution >= 4 is 0 Å². The third-order valence-corrected chi connectivity index (χ3v) is 1.91. The standard InChI is InChI=1S/C10H11F2N3O2/c1-16-9-4-7(5-14-15-13)2-3-8(9)17-6-10(11)12/h2-4,10H,5-6H2,1H3. The van der Waals surface area contributed by atoms with E-state index in [0.29, 0.717) is 11.3 Å². The highest BCUT2D eigenvalue weighted by Crippen LogP contribution is 2.28. The number of hydrogen-bond acceptors (Lipinski definition) is 3. The third-order valence-electron chi connectivity index (χ3n) is 1.91. The summed E-state index contributed by atoms with van der Waals surface area (Å²) < 4.78 is 33.8. The molecule has 0 amide bonds. The van der Waals surface area contributed by atoms with Crippen molar-refractivity contribution in [2.24, 2.45) is 5.11 Å². The molecule has 1 aromatic rings. The summed E-state index contributed by atoms with van der Waals surface area (Å²) in [5.74, 6) is 0.564. The first-order valence-electron chi connectivity index (χ1n) is 4.76. The molecule has 0 bridgehead atoms. The van der Waals surface area contributed by atoms with Crippen molar-refractivity contribution in [2.75, 3.05) is 13.7 Å². The molecule has 0 unspecified atom stereocenters. The van der Waals surface area contributed by atoms with E-state index in [4.69, 9.17) is 15.0 Å². The predicted molar refractivity (Wildman–Crippen MR) is 57.3 cm³/mol. The fraction of sp³-hybridized carbons (Fsp3) is 0.400. The Morgan fingerprint density at radius 2 is 2.18 bits per heavy atom. The summed E-state index contributed by atoms with van der Waals surface area (Å²) in [6, 6.07) is 4.71. The van der Waals surface area contributed by atoms with E-state index in [9.17, 15) is 8.78 Å². The molecule has 0 heterocycles. The molecule has 92 valence electrons. The number of azide groups is 1. The largest absolute Gasteiger partial charge is 0.493 e. The van der Waals surface area contributed by atoms with Crippen LogP contribution in [0, 0.1) is 0 Å². The van der Waals surface area contributed by atoms with Crippen LogP contribution in [0.5, 0.6) is 11.5 Å². The molecule has 1 rings (SSSR count). The number of halogens is 2. The Labute approximate surface area is 96.6 Å². The molecule has 0 saturated carbocycles. The van der Waals surface area contributed by atoms with Gasteiger partial charge < -0.3 is 9.47 Å². The Balaban J connectivity index is 2.81. The molecule has 0 aliphatic carbocycles. The maximum absolute atomic E-state index is 12.0. The van der Waals surface area contributed by atoms with Crippen LogP contribution in [0.1, 0.15) is 5.56 Å². The van der Waals surface area contributed by atoms with E-state index < -0.39 is 13.0 Å². The van der Waals surface area contributed by atoms with Gasteiger partial charge in [-0.1, -0.05) is 11.2 Å². The van der Waals surface area contributed by atoms with Gasteiger partial charge in [-0.3, -0.25) is 0 Å². The van der Waals surface area contributed by atoms with E-state index in [-0.39, 0.29) is 12.3 Å². The van der Waals surface area contributed by atoms with Gasteiger partial charge in [0.2, 0.25) is 0 Å². The van der Waals surface area contributed by atoms with E-state index in [0.717, 1.165) is 0 Å². The lowest BCUT2D eigenvalue weighted by atomic mass is 10.2. The second kappa shape index (κ2) is 6.55. The van der Waals surface area contributed by atoms with Crippen molar-refractivity contribution in [3.05, 3.63) is 34.2 Å². The molecular formula is C10H11F2N3O2. The van der Waals surface area contributed by atoms with Gasteiger partial charge in [0.1, 0.15) is 6.61 Å². The molecule has 0 spiro atoms. The molecule has 7 heteroatoms. The molecule has 0 N–H and O–H groups in total. The van der Waals surface area contributed by atoms with Crippen LogP contribution < -0.4 is 9.47 Å². The van der Waals surface area contributed by atoms with E-state index in [2.05, 4.69) is 10.0 Å². The maximum Gasteiger partial charge on any atom is 0.272 e. The van der Waals surface area contributed by atoms with Gasteiger partial charge in [-0.05, 0) is 23.2 Å². The molecule has 17 heavy (non-hydrogen) atoms. The maximum atomic E-state index is 12.0. The second-order valence-electron chi connectivity index (χ2n) is 3.08. The lowest BCUT2D eigenvalue weighted by Gasteiger charge is -2.11. The minimum absolute atomic E-state index is 0.169. The summed E-state index contributed by atoms with van der Waals surface area (Å²) in [5, 5.41) is 3.39. The second-order valence-corrected chi connectivity index (χ2v) is 3.08. The third kappa shape index (κ3) is 4.16. The zero-order valence-electron chi connectivity index (χ0n) is 9.14. The quantitative estimate of drug-likeness (QED) is 0.437. The monoisotopic (exact) mass is 243 g/mol. The number of rotatable bonds is 6. The number of nitrogens with zero attached hydrogens (tertiary/aromatic N) is 3. The van der Waals surface area contributed by atoms with Crippen molar-refractivity contribution < 1.29 is 18.3 Å². The van der Waals surface area contributed by atoms with Crippen molar-refractivity contribution in [1.29, 1.82) is 0 Å². The molecule has 1 aromatic carbocycles. The molecule has 0 saturated heterocycles. The summed E-state index contributed by atoms with van der Waals surface area (Å²) in [6.07, 6.45) is -2.54. The van der Waals surface area contributed by atoms with Crippen LogP contribution in [0.3, 0.4) is 0 Å². The van der Waals surface area contributed by atoms with E-state index in [1.807, 2.05) is 0 Å². The summed E-state index contributed by atoms with van der Waals surface area (Å²) in [7, 11) is 1.40. The lowest BCUT2D eigenvalue weighted by Crippen LogP contribution is -2.07. The minimum atomic E-state index is -2.54. The van der Waals surface area contributed by atoms with Gasteiger partial charge >= 0.3 is 0 Å². The van der Waals surface area contributed by atoms with Crippen LogP contribution in [-0.4, -0.2) is 20.1 Å². The van der Waals surface area contributed by atoms with Gasteiger partial charge in [-0.15, -0.1) is 0 Å². The van der Waals surface area contributed by atoms with Crippen LogP contribution in [0.2, 0.25) is 0 Å². The van der Waals surface area contributed by atoms with Crippen molar-refractivity contribution in [3.63, 3.8) is 0 Å². The van der Waals surface area contributed by atoms with Gasteiger partial charge in [0.25, 0.3) is 6.43 Å². The van der Waals surface area contributed by atoms with E-state index >= 15 is 0 Å². The Morgan fingerprint density at radius 1 is 1.41 bits per heavy atom. The molecule has 0 aliphatic heterocycles. The van der Waals surface area contributed by atoms with E-state index in [1.54, 1.807) is 12.1 Å². The fourth-order valence-corrected chi connectivity index (χ4v) is 1.20. The highest BCUT2D eigenvalue weighted by atomic mass is 19.3. The van der Waals surface area contributed by atoms with Crippen LogP contribution >= 0.6 is 0 Å². The Hall–Kier alpha value is -2.01. The summed E-state index contributed by atoms with van der Waals surface area (Å²) in [5.41, 5.74) is 8.89. The number of ether oxygens (including phenoxy) is 2. The number of methoxy groups -OCH3 is 1. The van der Waals surface area contributed by atoms with Crippen molar-refractivity contribution in [1.82, 2.24) is 0 Å². The normalized spacial score (nSPS) is 9.88. The van der Waals surface area contributed by atoms with Crippen LogP contribution in [0.15, 0.2) is 23.3 Å². The zero-order valence-corrected chi connectivity index (χ0v) is 9.14. The number of hydrogen-bond donors (Lipinski definition) is 0. The Morgan fingerprint density at radius 3 is 2.76 bits per heavy atom. The SMILES string of the molecule is COc1cc(CN=[N+]=[N-])ccc1OCC(F)F. The van der Waals surface area contributed by atoms with Crippen molar-refractivity contribution in [2.45, 2.75) is 13.0 Å². The number of benzene rings is 1. The molecule has 0 atom stereocenters. The average Bonchev–Trinajstić information content (AvgIpc) is 2.34. The highest BCUT2D eigenvalue weighted by molar-refractivity contribution is 5.42. The van der Waals surface area contributed by atoms with E-state index in [1.165, 1.54) is 13.2 Å². The van der Waals surface area contributed by atoms with Crippen LogP contribution in [0.25, 0.3) is 10.4 Å². The molecule has 0 fully saturated rings. The van der Waals surface area contributed by atoms with Gasteiger partial charge in [-0.25, -0.2) is 8.78 Å². The minimum Gasteiger partial charge on any atom is -0.493 e. The molecule has 0 aliphatic rings. The van der Waals surface area contributed by atoms with Gasteiger partial charge in [0.15, 0.2) is 11.5 Å². The first kappa shape index (κ1) is 13.1. The number of alkyl halides is 2. The molecule has 0 aromatic heterocycles. The van der Waals surface area contributed by atoms with Gasteiger partial charge in [0, 0.05) is 4.91 Å². The molecule has 0 radical (unpaired) electrons. The summed E-state index contributed by atoms with van der Waals surface area (Å²) >= 11 is 0. The smallest absolute Gasteiger partial charge is 0.272 e. The van der Waals surface area contributed by atoms with Gasteiger partial charge in [0.05, 0.1) is 13.7 Å². The van der Waals surface area contributed by atoms with Crippen molar-refractivity contribution in [3.8, 4) is 11.5 Å². The summed E-state index contributed by atoms with van der Waals surface area (Å²) in [4.78, 5) is 2.62. The zero-order chi connectivity index (χ0) is 12.7. The van der Waals surface area contributed by atoms with Crippen LogP contribution in [-0.2, 0) is 6.54 Å². The Kier molecular flexibility index (Phi) is 5.03. The predicted octanol–water partition coefficient (Wildman–Crippen LogP) is 3.15. The molecular weight excluding hydrogens is 232 g/mol. The first-order valence-corrected chi connectivity index (χ1v) is 4.76. The average molecular weight is 243 g/mol. The summed E-state index contributed by atoms with van der Waals surface area (Å²) in [6.45, 7) is -0.520. The Bertz CT molecular complexity index is 420. The topological polar surface area (TPSA) is 67.2 Å². The van der Waals surface area contributed by atoms with Gasteiger partial charge in [-0.2, -0.15) is 0 Å². The lowest BCUT2D eigenvalue weighted by molar-refractivity contribution is 0.0804. The first-order chi connectivity index (χ1) is 8.17. The fourth-order valence-electron chi connectivity index (χ4n) is 1.20. The van der Waals surface area contributed by atoms with Crippen LogP contribution in [0.4, 0.5) is 8.78 Å². The molecule has 5 nitrogen and oxygen atoms in total.